The minimum absolute atomic E-state index is 0.00329. The second-order valence-corrected chi connectivity index (χ2v) is 6.58. The molecule has 2 aromatic carbocycles. The second-order valence-electron chi connectivity index (χ2n) is 5.74. The lowest BCUT2D eigenvalue weighted by Gasteiger charge is -2.20. The molecule has 10 heteroatoms. The number of alkyl halides is 2. The van der Waals surface area contributed by atoms with Crippen LogP contribution < -0.4 is 16.0 Å². The van der Waals surface area contributed by atoms with E-state index >= 15 is 0 Å². The first kappa shape index (κ1) is 22.1. The first-order valence-electron chi connectivity index (χ1n) is 8.21. The maximum atomic E-state index is 14.6. The average Bonchev–Trinajstić information content (AvgIpc) is 2.65. The van der Waals surface area contributed by atoms with Crippen LogP contribution in [0.3, 0.4) is 0 Å². The van der Waals surface area contributed by atoms with E-state index in [9.17, 15) is 18.0 Å². The summed E-state index contributed by atoms with van der Waals surface area (Å²) < 4.78 is 44.8. The Hall–Kier alpha value is -2.16. The fraction of sp³-hybridized carbons (Fsp3) is 0.278. The van der Waals surface area contributed by atoms with E-state index in [1.54, 1.807) is 13.0 Å². The van der Waals surface area contributed by atoms with Gasteiger partial charge in [-0.1, -0.05) is 35.3 Å². The summed E-state index contributed by atoms with van der Waals surface area (Å²) in [5, 5.41) is 0.273. The van der Waals surface area contributed by atoms with Crippen molar-refractivity contribution < 1.29 is 22.7 Å². The van der Waals surface area contributed by atoms with E-state index in [0.717, 1.165) is 0 Å². The predicted molar refractivity (Wildman–Crippen MR) is 102 cm³/mol. The number of hydrazine groups is 1. The first-order chi connectivity index (χ1) is 13.3. The smallest absolute Gasteiger partial charge is 0.331 e. The number of ether oxygens (including phenoxy) is 1. The Labute approximate surface area is 170 Å². The maximum Gasteiger partial charge on any atom is 0.331 e. The number of urea groups is 1. The van der Waals surface area contributed by atoms with Gasteiger partial charge in [-0.05, 0) is 30.7 Å². The molecule has 0 saturated heterocycles. The van der Waals surface area contributed by atoms with Crippen LogP contribution in [0.1, 0.15) is 12.5 Å². The SMILES string of the molecule is CCN(Cc1ccc(-c2cc(Cl)cc(Cl)c2OCC(F)F)cc1F)C(=O)NN. The minimum atomic E-state index is -2.70. The summed E-state index contributed by atoms with van der Waals surface area (Å²) in [5.41, 5.74) is 2.85. The van der Waals surface area contributed by atoms with Gasteiger partial charge in [-0.2, -0.15) is 0 Å². The minimum Gasteiger partial charge on any atom is -0.485 e. The maximum absolute atomic E-state index is 14.6. The summed E-state index contributed by atoms with van der Waals surface area (Å²) >= 11 is 12.1. The van der Waals surface area contributed by atoms with Crippen molar-refractivity contribution >= 4 is 29.2 Å². The van der Waals surface area contributed by atoms with E-state index in [-0.39, 0.29) is 33.5 Å². The van der Waals surface area contributed by atoms with E-state index in [0.29, 0.717) is 12.1 Å². The van der Waals surface area contributed by atoms with Gasteiger partial charge in [-0.25, -0.2) is 23.8 Å². The average molecular weight is 436 g/mol. The van der Waals surface area contributed by atoms with E-state index in [1.165, 1.54) is 29.2 Å². The molecule has 0 aliphatic rings. The van der Waals surface area contributed by atoms with Gasteiger partial charge in [0.25, 0.3) is 6.43 Å². The van der Waals surface area contributed by atoms with Crippen molar-refractivity contribution in [1.29, 1.82) is 0 Å². The lowest BCUT2D eigenvalue weighted by atomic mass is 10.0. The van der Waals surface area contributed by atoms with Gasteiger partial charge in [0.2, 0.25) is 0 Å². The standard InChI is InChI=1S/C18H18Cl2F3N3O2/c1-2-26(18(27)25-24)8-11-4-3-10(5-15(11)21)13-6-12(19)7-14(20)17(13)28-9-16(22)23/h3-7,16H,2,8-9,24H2,1H3,(H,25,27). The molecule has 2 rings (SSSR count). The molecule has 0 aliphatic heterocycles. The Morgan fingerprint density at radius 3 is 2.57 bits per heavy atom. The van der Waals surface area contributed by atoms with Crippen molar-refractivity contribution in [3.05, 3.63) is 51.8 Å². The number of carbonyl (C=O) groups excluding carboxylic acids is 1. The number of nitrogens with zero attached hydrogens (tertiary/aromatic N) is 1. The molecule has 5 nitrogen and oxygen atoms in total. The van der Waals surface area contributed by atoms with Gasteiger partial charge in [0.05, 0.1) is 11.6 Å². The van der Waals surface area contributed by atoms with E-state index in [4.69, 9.17) is 33.8 Å². The molecule has 0 aliphatic carbocycles. The number of nitrogens with two attached hydrogens (primary N) is 1. The van der Waals surface area contributed by atoms with Crippen LogP contribution in [-0.4, -0.2) is 30.5 Å². The second kappa shape index (κ2) is 9.86. The summed E-state index contributed by atoms with van der Waals surface area (Å²) in [4.78, 5) is 13.0. The van der Waals surface area contributed by atoms with Gasteiger partial charge in [0.15, 0.2) is 0 Å². The van der Waals surface area contributed by atoms with Gasteiger partial charge in [0.1, 0.15) is 18.2 Å². The molecule has 0 fully saturated rings. The van der Waals surface area contributed by atoms with Crippen molar-refractivity contribution in [2.24, 2.45) is 5.84 Å². The fourth-order valence-corrected chi connectivity index (χ4v) is 3.08. The molecule has 0 heterocycles. The van der Waals surface area contributed by atoms with Crippen molar-refractivity contribution in [3.8, 4) is 16.9 Å². The molecule has 2 aromatic rings. The first-order valence-corrected chi connectivity index (χ1v) is 8.96. The largest absolute Gasteiger partial charge is 0.485 e. The summed E-state index contributed by atoms with van der Waals surface area (Å²) in [7, 11) is 0. The Bertz CT molecular complexity index is 853. The molecular formula is C18H18Cl2F3N3O2. The van der Waals surface area contributed by atoms with Gasteiger partial charge < -0.3 is 9.64 Å². The Morgan fingerprint density at radius 1 is 1.29 bits per heavy atom. The van der Waals surface area contributed by atoms with Crippen LogP contribution in [0, 0.1) is 5.82 Å². The number of hydrogen-bond donors (Lipinski definition) is 2. The van der Waals surface area contributed by atoms with Gasteiger partial charge in [-0.3, -0.25) is 5.43 Å². The molecule has 0 atom stereocenters. The van der Waals surface area contributed by atoms with Crippen LogP contribution in [0.15, 0.2) is 30.3 Å². The van der Waals surface area contributed by atoms with Crippen molar-refractivity contribution in [3.63, 3.8) is 0 Å². The van der Waals surface area contributed by atoms with Crippen LogP contribution in [-0.2, 0) is 6.54 Å². The zero-order valence-corrected chi connectivity index (χ0v) is 16.3. The van der Waals surface area contributed by atoms with Crippen LogP contribution in [0.5, 0.6) is 5.75 Å². The molecule has 152 valence electrons. The van der Waals surface area contributed by atoms with Crippen molar-refractivity contribution in [1.82, 2.24) is 10.3 Å². The molecule has 0 bridgehead atoms. The zero-order chi connectivity index (χ0) is 20.8. The number of halogens is 5. The molecule has 2 amide bonds. The fourth-order valence-electron chi connectivity index (χ4n) is 2.54. The normalized spacial score (nSPS) is 10.9. The number of benzene rings is 2. The topological polar surface area (TPSA) is 67.6 Å². The lowest BCUT2D eigenvalue weighted by molar-refractivity contribution is 0.0822. The molecular weight excluding hydrogens is 418 g/mol. The number of nitrogens with one attached hydrogen (secondary N) is 1. The molecule has 0 unspecified atom stereocenters. The molecule has 3 N–H and O–H groups in total. The highest BCUT2D eigenvalue weighted by molar-refractivity contribution is 6.36. The third-order valence-corrected chi connectivity index (χ3v) is 4.38. The van der Waals surface area contributed by atoms with Gasteiger partial charge in [0, 0.05) is 22.7 Å². The summed E-state index contributed by atoms with van der Waals surface area (Å²) in [5.74, 6) is 4.49. The summed E-state index contributed by atoms with van der Waals surface area (Å²) in [6, 6.07) is 6.48. The summed E-state index contributed by atoms with van der Waals surface area (Å²) in [6.45, 7) is 1.17. The summed E-state index contributed by atoms with van der Waals surface area (Å²) in [6.07, 6.45) is -2.70. The zero-order valence-electron chi connectivity index (χ0n) is 14.8. The van der Waals surface area contributed by atoms with Crippen LogP contribution >= 0.6 is 23.2 Å². The number of hydrogen-bond acceptors (Lipinski definition) is 3. The van der Waals surface area contributed by atoms with Gasteiger partial charge >= 0.3 is 6.03 Å². The van der Waals surface area contributed by atoms with Crippen molar-refractivity contribution in [2.45, 2.75) is 19.9 Å². The van der Waals surface area contributed by atoms with Crippen molar-refractivity contribution in [2.75, 3.05) is 13.2 Å². The van der Waals surface area contributed by atoms with Gasteiger partial charge in [-0.15, -0.1) is 0 Å². The third-order valence-electron chi connectivity index (χ3n) is 3.88. The highest BCUT2D eigenvalue weighted by Gasteiger charge is 2.18. The number of amides is 2. The molecule has 0 aromatic heterocycles. The Morgan fingerprint density at radius 2 is 2.00 bits per heavy atom. The Balaban J connectivity index is 2.39. The van der Waals surface area contributed by atoms with Crippen LogP contribution in [0.4, 0.5) is 18.0 Å². The molecule has 0 saturated carbocycles. The van der Waals surface area contributed by atoms with Crippen LogP contribution in [0.2, 0.25) is 10.0 Å². The highest BCUT2D eigenvalue weighted by atomic mass is 35.5. The van der Waals surface area contributed by atoms with E-state index < -0.39 is 24.9 Å². The van der Waals surface area contributed by atoms with Crippen LogP contribution in [0.25, 0.3) is 11.1 Å². The monoisotopic (exact) mass is 435 g/mol. The Kier molecular flexibility index (Phi) is 7.79. The molecule has 0 spiro atoms. The third kappa shape index (κ3) is 5.43. The van der Waals surface area contributed by atoms with E-state index in [2.05, 4.69) is 0 Å². The quantitative estimate of drug-likeness (QED) is 0.371. The lowest BCUT2D eigenvalue weighted by Crippen LogP contribution is -2.42. The molecule has 0 radical (unpaired) electrons. The number of carbonyl (C=O) groups is 1. The predicted octanol–water partition coefficient (Wildman–Crippen LogP) is 4.85. The molecule has 28 heavy (non-hydrogen) atoms. The van der Waals surface area contributed by atoms with E-state index in [1.807, 2.05) is 5.43 Å². The number of rotatable bonds is 7. The highest BCUT2D eigenvalue weighted by Crippen LogP contribution is 2.39.